The smallest absolute Gasteiger partial charge is 0.213 e. The van der Waals surface area contributed by atoms with Crippen molar-refractivity contribution in [2.75, 3.05) is 13.2 Å². The van der Waals surface area contributed by atoms with Crippen molar-refractivity contribution in [1.29, 1.82) is 0 Å². The first-order valence-corrected chi connectivity index (χ1v) is 17.5. The maximum absolute atomic E-state index is 6.07. The lowest BCUT2D eigenvalue weighted by atomic mass is 9.78. The van der Waals surface area contributed by atoms with E-state index in [1.54, 1.807) is 11.3 Å². The van der Waals surface area contributed by atoms with Crippen LogP contribution in [0.2, 0.25) is 0 Å². The van der Waals surface area contributed by atoms with Crippen LogP contribution in [0.25, 0.3) is 0 Å². The molecule has 0 N–H and O–H groups in total. The Morgan fingerprint density at radius 1 is 1.07 bits per heavy atom. The molecule has 2 aromatic heterocycles. The van der Waals surface area contributed by atoms with E-state index in [-0.39, 0.29) is 6.84 Å². The number of ether oxygens (including phenoxy) is 2. The summed E-state index contributed by atoms with van der Waals surface area (Å²) in [6.07, 6.45) is 13.6. The highest BCUT2D eigenvalue weighted by Crippen LogP contribution is 2.38. The third-order valence-corrected chi connectivity index (χ3v) is 10.1. The van der Waals surface area contributed by atoms with Gasteiger partial charge in [-0.15, -0.1) is 17.9 Å². The van der Waals surface area contributed by atoms with E-state index in [0.29, 0.717) is 37.5 Å². The number of hydrogen-bond acceptors (Lipinski definition) is 6. The SMILES string of the molecule is C=CC1(c2ccc3c(c2)CC(Cc2cncs2)=CC(CC(C)CCC(CCC)c2cccc(OCc4ccccc4)n2)=N3)COC1.[HH]. The fourth-order valence-electron chi connectivity index (χ4n) is 6.56. The molecule has 0 bridgehead atoms. The minimum atomic E-state index is -0.0820. The average molecular weight is 634 g/mol. The first-order valence-electron chi connectivity index (χ1n) is 16.7. The summed E-state index contributed by atoms with van der Waals surface area (Å²) in [5.41, 5.74) is 10.3. The van der Waals surface area contributed by atoms with Gasteiger partial charge in [0.05, 0.1) is 29.8 Å². The van der Waals surface area contributed by atoms with Gasteiger partial charge in [-0.1, -0.05) is 80.4 Å². The van der Waals surface area contributed by atoms with Crippen LogP contribution in [0, 0.1) is 5.92 Å². The molecule has 46 heavy (non-hydrogen) atoms. The number of fused-ring (bicyclic) bond motifs is 1. The Morgan fingerprint density at radius 2 is 1.93 bits per heavy atom. The zero-order valence-electron chi connectivity index (χ0n) is 27.2. The lowest BCUT2D eigenvalue weighted by Gasteiger charge is -2.39. The molecular weight excluding hydrogens is 587 g/mol. The summed E-state index contributed by atoms with van der Waals surface area (Å²) in [4.78, 5) is 15.8. The molecule has 6 rings (SSSR count). The largest absolute Gasteiger partial charge is 0.473 e. The Kier molecular flexibility index (Phi) is 10.6. The second kappa shape index (κ2) is 15.1. The molecule has 6 heteroatoms. The standard InChI is InChI=1S/C40H45N3O2S.H2/c1-4-10-32(37-13-9-14-39(43-37)45-25-30-11-7-6-8-12-30)16-15-29(3)19-35-21-31(22-36-24-41-28-46-36)20-33-23-34(17-18-38(33)42-35)40(5-2)26-44-27-40;/h5-9,11-14,17-18,21,23-24,28-29,32H,2,4,10,15-16,19-20,22,25-27H2,1,3H3;1H. The van der Waals surface area contributed by atoms with E-state index in [9.17, 15) is 0 Å². The lowest BCUT2D eigenvalue weighted by Crippen LogP contribution is -2.44. The van der Waals surface area contributed by atoms with Gasteiger partial charge in [-0.3, -0.25) is 9.98 Å². The zero-order chi connectivity index (χ0) is 31.8. The van der Waals surface area contributed by atoms with Gasteiger partial charge in [0.25, 0.3) is 0 Å². The van der Waals surface area contributed by atoms with Crippen LogP contribution in [-0.4, -0.2) is 28.9 Å². The number of pyridine rings is 1. The summed E-state index contributed by atoms with van der Waals surface area (Å²) >= 11 is 1.72. The molecule has 2 atom stereocenters. The summed E-state index contributed by atoms with van der Waals surface area (Å²) in [7, 11) is 0. The molecule has 2 aliphatic heterocycles. The van der Waals surface area contributed by atoms with E-state index < -0.39 is 0 Å². The normalized spacial score (nSPS) is 16.7. The van der Waals surface area contributed by atoms with Crippen molar-refractivity contribution in [2.45, 2.75) is 76.7 Å². The zero-order valence-corrected chi connectivity index (χ0v) is 28.0. The van der Waals surface area contributed by atoms with Crippen LogP contribution in [0.1, 0.15) is 80.6 Å². The molecule has 0 saturated carbocycles. The van der Waals surface area contributed by atoms with Gasteiger partial charge < -0.3 is 9.47 Å². The summed E-state index contributed by atoms with van der Waals surface area (Å²) in [6.45, 7) is 10.7. The van der Waals surface area contributed by atoms with Gasteiger partial charge in [0.2, 0.25) is 5.88 Å². The van der Waals surface area contributed by atoms with Crippen LogP contribution in [0.15, 0.2) is 108 Å². The molecule has 0 spiro atoms. The number of benzene rings is 2. The molecule has 2 unspecified atom stereocenters. The Balaban J connectivity index is 0.00000433. The van der Waals surface area contributed by atoms with E-state index in [4.69, 9.17) is 19.5 Å². The van der Waals surface area contributed by atoms with Gasteiger partial charge in [-0.05, 0) is 72.9 Å². The second-order valence-corrected chi connectivity index (χ2v) is 13.9. The fraction of sp³-hybridized carbons (Fsp3) is 0.375. The van der Waals surface area contributed by atoms with Crippen molar-refractivity contribution in [3.05, 3.63) is 130 Å². The molecule has 5 nitrogen and oxygen atoms in total. The minimum absolute atomic E-state index is 0. The van der Waals surface area contributed by atoms with E-state index in [2.05, 4.69) is 80.0 Å². The molecule has 4 heterocycles. The van der Waals surface area contributed by atoms with Gasteiger partial charge >= 0.3 is 0 Å². The molecule has 1 fully saturated rings. The number of aromatic nitrogens is 2. The predicted octanol–water partition coefficient (Wildman–Crippen LogP) is 10.0. The van der Waals surface area contributed by atoms with E-state index in [1.165, 1.54) is 27.3 Å². The van der Waals surface area contributed by atoms with Gasteiger partial charge in [0.15, 0.2) is 0 Å². The quantitative estimate of drug-likeness (QED) is 0.122. The summed E-state index contributed by atoms with van der Waals surface area (Å²) in [6, 6.07) is 23.3. The summed E-state index contributed by atoms with van der Waals surface area (Å²) < 4.78 is 11.7. The van der Waals surface area contributed by atoms with E-state index in [1.807, 2.05) is 36.0 Å². The maximum Gasteiger partial charge on any atom is 0.213 e. The highest BCUT2D eigenvalue weighted by molar-refractivity contribution is 7.09. The molecule has 2 aromatic carbocycles. The number of aliphatic imine (C=N–C) groups is 1. The Morgan fingerprint density at radius 3 is 2.67 bits per heavy atom. The summed E-state index contributed by atoms with van der Waals surface area (Å²) in [5.74, 6) is 1.61. The van der Waals surface area contributed by atoms with Crippen molar-refractivity contribution < 1.29 is 10.9 Å². The average Bonchev–Trinajstić information content (AvgIpc) is 3.50. The van der Waals surface area contributed by atoms with E-state index >= 15 is 0 Å². The number of nitrogens with zero attached hydrogens (tertiary/aromatic N) is 3. The Labute approximate surface area is 279 Å². The van der Waals surface area contributed by atoms with E-state index in [0.717, 1.165) is 61.9 Å². The van der Waals surface area contributed by atoms with Crippen LogP contribution >= 0.6 is 11.3 Å². The highest BCUT2D eigenvalue weighted by atomic mass is 32.1. The van der Waals surface area contributed by atoms with Crippen molar-refractivity contribution in [1.82, 2.24) is 9.97 Å². The molecule has 2 aliphatic rings. The van der Waals surface area contributed by atoms with Gasteiger partial charge in [0.1, 0.15) is 6.61 Å². The van der Waals surface area contributed by atoms with Crippen molar-refractivity contribution >= 4 is 22.7 Å². The van der Waals surface area contributed by atoms with Crippen LogP contribution in [0.4, 0.5) is 5.69 Å². The Bertz CT molecular complexity index is 1660. The first-order chi connectivity index (χ1) is 22.5. The van der Waals surface area contributed by atoms with Crippen LogP contribution < -0.4 is 4.74 Å². The lowest BCUT2D eigenvalue weighted by molar-refractivity contribution is -0.0338. The van der Waals surface area contributed by atoms with Crippen molar-refractivity contribution in [2.24, 2.45) is 10.9 Å². The number of thiazole rings is 1. The third kappa shape index (κ3) is 7.91. The van der Waals surface area contributed by atoms with Crippen LogP contribution in [0.3, 0.4) is 0 Å². The highest BCUT2D eigenvalue weighted by Gasteiger charge is 2.37. The third-order valence-electron chi connectivity index (χ3n) is 9.30. The number of allylic oxidation sites excluding steroid dienone is 2. The van der Waals surface area contributed by atoms with Crippen LogP contribution in [0.5, 0.6) is 5.88 Å². The van der Waals surface area contributed by atoms with Crippen LogP contribution in [-0.2, 0) is 29.6 Å². The van der Waals surface area contributed by atoms with Gasteiger partial charge in [-0.2, -0.15) is 0 Å². The summed E-state index contributed by atoms with van der Waals surface area (Å²) in [5, 5.41) is 0. The molecular formula is C40H47N3O2S. The maximum atomic E-state index is 6.07. The number of hydrogen-bond donors (Lipinski definition) is 0. The number of rotatable bonds is 15. The molecule has 1 saturated heterocycles. The van der Waals surface area contributed by atoms with Crippen molar-refractivity contribution in [3.63, 3.8) is 0 Å². The molecule has 0 amide bonds. The molecule has 0 aliphatic carbocycles. The monoisotopic (exact) mass is 633 g/mol. The first kappa shape index (κ1) is 32.1. The molecule has 4 aromatic rings. The molecule has 240 valence electrons. The van der Waals surface area contributed by atoms with Gasteiger partial charge in [-0.25, -0.2) is 4.98 Å². The molecule has 0 radical (unpaired) electrons. The Hall–Kier alpha value is -3.87. The second-order valence-electron chi connectivity index (χ2n) is 13.0. The van der Waals surface area contributed by atoms with Crippen molar-refractivity contribution in [3.8, 4) is 5.88 Å². The topological polar surface area (TPSA) is 56.6 Å². The predicted molar refractivity (Wildman–Crippen MR) is 192 cm³/mol. The fourth-order valence-corrected chi connectivity index (χ4v) is 7.21. The minimum Gasteiger partial charge on any atom is -0.473 e. The van der Waals surface area contributed by atoms with Gasteiger partial charge in [0, 0.05) is 42.3 Å².